The van der Waals surface area contributed by atoms with E-state index >= 15 is 0 Å². The molecule has 0 spiro atoms. The van der Waals surface area contributed by atoms with E-state index in [-0.39, 0.29) is 23.8 Å². The maximum atomic E-state index is 12.4. The van der Waals surface area contributed by atoms with Crippen molar-refractivity contribution in [1.29, 1.82) is 0 Å². The van der Waals surface area contributed by atoms with Gasteiger partial charge in [0.05, 0.1) is 0 Å². The van der Waals surface area contributed by atoms with E-state index in [9.17, 15) is 9.59 Å². The molecule has 1 aliphatic heterocycles. The SMILES string of the molecule is COCCC(C)N1C(=O)C(C(C)C)NC(=O)C1C. The highest BCUT2D eigenvalue weighted by Crippen LogP contribution is 2.19. The summed E-state index contributed by atoms with van der Waals surface area (Å²) in [6.07, 6.45) is 0.741. The van der Waals surface area contributed by atoms with Gasteiger partial charge in [-0.25, -0.2) is 0 Å². The number of carbonyl (C=O) groups is 2. The van der Waals surface area contributed by atoms with E-state index in [1.54, 1.807) is 18.9 Å². The first-order valence-electron chi connectivity index (χ1n) is 6.51. The minimum Gasteiger partial charge on any atom is -0.385 e. The lowest BCUT2D eigenvalue weighted by Crippen LogP contribution is -2.65. The second-order valence-corrected chi connectivity index (χ2v) is 5.28. The number of methoxy groups -OCH3 is 1. The average Bonchev–Trinajstić information content (AvgIpc) is 2.31. The van der Waals surface area contributed by atoms with Gasteiger partial charge < -0.3 is 15.0 Å². The Morgan fingerprint density at radius 1 is 1.33 bits per heavy atom. The van der Waals surface area contributed by atoms with Crippen molar-refractivity contribution in [2.24, 2.45) is 5.92 Å². The summed E-state index contributed by atoms with van der Waals surface area (Å²) in [4.78, 5) is 26.0. The molecule has 18 heavy (non-hydrogen) atoms. The van der Waals surface area contributed by atoms with Gasteiger partial charge in [0.1, 0.15) is 12.1 Å². The van der Waals surface area contributed by atoms with Gasteiger partial charge in [0.15, 0.2) is 0 Å². The molecule has 1 saturated heterocycles. The molecule has 1 rings (SSSR count). The predicted octanol–water partition coefficient (Wildman–Crippen LogP) is 0.783. The van der Waals surface area contributed by atoms with Crippen LogP contribution in [0.5, 0.6) is 0 Å². The third-order valence-corrected chi connectivity index (χ3v) is 3.50. The van der Waals surface area contributed by atoms with E-state index in [2.05, 4.69) is 5.32 Å². The van der Waals surface area contributed by atoms with Gasteiger partial charge in [-0.2, -0.15) is 0 Å². The van der Waals surface area contributed by atoms with Crippen LogP contribution in [-0.4, -0.2) is 48.6 Å². The third kappa shape index (κ3) is 3.02. The fraction of sp³-hybridized carbons (Fsp3) is 0.846. The molecule has 0 bridgehead atoms. The standard InChI is InChI=1S/C13H24N2O3/c1-8(2)11-13(17)15(9(3)6-7-18-5)10(4)12(16)14-11/h8-11H,6-7H2,1-5H3,(H,14,16). The van der Waals surface area contributed by atoms with Crippen LogP contribution in [0.25, 0.3) is 0 Å². The lowest BCUT2D eigenvalue weighted by atomic mass is 9.96. The number of hydrogen-bond donors (Lipinski definition) is 1. The minimum atomic E-state index is -0.404. The zero-order valence-electron chi connectivity index (χ0n) is 11.9. The van der Waals surface area contributed by atoms with E-state index in [4.69, 9.17) is 4.74 Å². The summed E-state index contributed by atoms with van der Waals surface area (Å²) in [5.74, 6) is 0.0457. The van der Waals surface area contributed by atoms with Crippen LogP contribution in [-0.2, 0) is 14.3 Å². The summed E-state index contributed by atoms with van der Waals surface area (Å²) in [6, 6.07) is -0.794. The zero-order chi connectivity index (χ0) is 13.9. The molecule has 104 valence electrons. The van der Waals surface area contributed by atoms with Crippen molar-refractivity contribution < 1.29 is 14.3 Å². The maximum absolute atomic E-state index is 12.4. The molecule has 1 aliphatic rings. The van der Waals surface area contributed by atoms with Gasteiger partial charge in [0.25, 0.3) is 0 Å². The number of piperazine rings is 1. The molecule has 0 saturated carbocycles. The van der Waals surface area contributed by atoms with Crippen molar-refractivity contribution in [3.8, 4) is 0 Å². The summed E-state index contributed by atoms with van der Waals surface area (Å²) in [6.45, 7) is 8.20. The Morgan fingerprint density at radius 3 is 2.44 bits per heavy atom. The third-order valence-electron chi connectivity index (χ3n) is 3.50. The van der Waals surface area contributed by atoms with Gasteiger partial charge in [-0.15, -0.1) is 0 Å². The number of nitrogens with zero attached hydrogens (tertiary/aromatic N) is 1. The number of rotatable bonds is 5. The van der Waals surface area contributed by atoms with Gasteiger partial charge in [-0.1, -0.05) is 13.8 Å². The maximum Gasteiger partial charge on any atom is 0.246 e. The summed E-state index contributed by atoms with van der Waals surface area (Å²) in [7, 11) is 1.64. The zero-order valence-corrected chi connectivity index (χ0v) is 11.9. The molecule has 1 N–H and O–H groups in total. The van der Waals surface area contributed by atoms with Crippen LogP contribution in [0.1, 0.15) is 34.1 Å². The van der Waals surface area contributed by atoms with Crippen LogP contribution in [0.2, 0.25) is 0 Å². The Morgan fingerprint density at radius 2 is 1.94 bits per heavy atom. The Kier molecular flexibility index (Phi) is 5.14. The van der Waals surface area contributed by atoms with Gasteiger partial charge in [0, 0.05) is 19.8 Å². The molecule has 1 fully saturated rings. The van der Waals surface area contributed by atoms with Crippen molar-refractivity contribution in [1.82, 2.24) is 10.2 Å². The Labute approximate surface area is 109 Å². The van der Waals surface area contributed by atoms with Gasteiger partial charge in [0.2, 0.25) is 11.8 Å². The van der Waals surface area contributed by atoms with Crippen LogP contribution in [0.4, 0.5) is 0 Å². The van der Waals surface area contributed by atoms with Crippen molar-refractivity contribution in [3.63, 3.8) is 0 Å². The molecule has 1 heterocycles. The smallest absolute Gasteiger partial charge is 0.246 e. The molecule has 2 amide bonds. The van der Waals surface area contributed by atoms with Gasteiger partial charge >= 0.3 is 0 Å². The van der Waals surface area contributed by atoms with Crippen molar-refractivity contribution in [3.05, 3.63) is 0 Å². The molecule has 0 aromatic carbocycles. The normalized spacial score (nSPS) is 26.4. The Balaban J connectivity index is 2.84. The Bertz CT molecular complexity index is 317. The first-order chi connectivity index (χ1) is 8.40. The fourth-order valence-electron chi connectivity index (χ4n) is 2.29. The van der Waals surface area contributed by atoms with Crippen LogP contribution in [0.3, 0.4) is 0 Å². The lowest BCUT2D eigenvalue weighted by molar-refractivity contribution is -0.152. The van der Waals surface area contributed by atoms with Gasteiger partial charge in [-0.3, -0.25) is 9.59 Å². The quantitative estimate of drug-likeness (QED) is 0.791. The van der Waals surface area contributed by atoms with Crippen molar-refractivity contribution in [2.75, 3.05) is 13.7 Å². The molecule has 3 atom stereocenters. The molecule has 0 aliphatic carbocycles. The number of ether oxygens (including phenoxy) is 1. The minimum absolute atomic E-state index is 0.0137. The predicted molar refractivity (Wildman–Crippen MR) is 69.0 cm³/mol. The summed E-state index contributed by atoms with van der Waals surface area (Å²) in [5, 5.41) is 2.79. The van der Waals surface area contributed by atoms with Crippen molar-refractivity contribution >= 4 is 11.8 Å². The summed E-state index contributed by atoms with van der Waals surface area (Å²) in [5.41, 5.74) is 0. The average molecular weight is 256 g/mol. The number of nitrogens with one attached hydrogen (secondary N) is 1. The molecule has 0 aromatic rings. The van der Waals surface area contributed by atoms with E-state index < -0.39 is 12.1 Å². The monoisotopic (exact) mass is 256 g/mol. The molecule has 0 radical (unpaired) electrons. The highest BCUT2D eigenvalue weighted by molar-refractivity contribution is 5.97. The topological polar surface area (TPSA) is 58.6 Å². The largest absolute Gasteiger partial charge is 0.385 e. The first kappa shape index (κ1) is 15.0. The molecule has 5 heteroatoms. The van der Waals surface area contributed by atoms with E-state index in [1.807, 2.05) is 20.8 Å². The van der Waals surface area contributed by atoms with Crippen LogP contribution in [0.15, 0.2) is 0 Å². The summed E-state index contributed by atoms with van der Waals surface area (Å²) < 4.78 is 5.04. The molecule has 3 unspecified atom stereocenters. The first-order valence-corrected chi connectivity index (χ1v) is 6.51. The molecule has 0 aromatic heterocycles. The van der Waals surface area contributed by atoms with Crippen LogP contribution < -0.4 is 5.32 Å². The molecular formula is C13H24N2O3. The van der Waals surface area contributed by atoms with E-state index in [0.29, 0.717) is 6.61 Å². The number of hydrogen-bond acceptors (Lipinski definition) is 3. The van der Waals surface area contributed by atoms with Gasteiger partial charge in [-0.05, 0) is 26.2 Å². The van der Waals surface area contributed by atoms with E-state index in [1.165, 1.54) is 0 Å². The second-order valence-electron chi connectivity index (χ2n) is 5.28. The second kappa shape index (κ2) is 6.18. The number of amides is 2. The van der Waals surface area contributed by atoms with Crippen LogP contribution >= 0.6 is 0 Å². The molecular weight excluding hydrogens is 232 g/mol. The molecule has 5 nitrogen and oxygen atoms in total. The highest BCUT2D eigenvalue weighted by atomic mass is 16.5. The van der Waals surface area contributed by atoms with E-state index in [0.717, 1.165) is 6.42 Å². The lowest BCUT2D eigenvalue weighted by Gasteiger charge is -2.42. The van der Waals surface area contributed by atoms with Crippen LogP contribution in [0, 0.1) is 5.92 Å². The fourth-order valence-corrected chi connectivity index (χ4v) is 2.29. The Hall–Kier alpha value is -1.10. The summed E-state index contributed by atoms with van der Waals surface area (Å²) >= 11 is 0. The highest BCUT2D eigenvalue weighted by Gasteiger charge is 2.41. The number of carbonyl (C=O) groups excluding carboxylic acids is 2. The van der Waals surface area contributed by atoms with Crippen molar-refractivity contribution in [2.45, 2.75) is 52.2 Å².